The first-order valence-corrected chi connectivity index (χ1v) is 8.07. The van der Waals surface area contributed by atoms with Crippen LogP contribution in [-0.4, -0.2) is 30.5 Å². The van der Waals surface area contributed by atoms with Gasteiger partial charge in [0.25, 0.3) is 0 Å². The molecule has 0 saturated carbocycles. The molecular weight excluding hydrogens is 290 g/mol. The van der Waals surface area contributed by atoms with Crippen molar-refractivity contribution in [1.29, 1.82) is 0 Å². The van der Waals surface area contributed by atoms with Crippen LogP contribution in [0.25, 0.3) is 0 Å². The number of ether oxygens (including phenoxy) is 2. The molecule has 4 nitrogen and oxygen atoms in total. The minimum atomic E-state index is -0.277. The van der Waals surface area contributed by atoms with Gasteiger partial charge in [-0.25, -0.2) is 0 Å². The Morgan fingerprint density at radius 1 is 1.09 bits per heavy atom. The highest BCUT2D eigenvalue weighted by atomic mass is 16.5. The first kappa shape index (κ1) is 14.7. The molecule has 120 valence electrons. The molecule has 23 heavy (non-hydrogen) atoms. The molecule has 2 aromatic rings. The van der Waals surface area contributed by atoms with Crippen LogP contribution in [0.3, 0.4) is 0 Å². The predicted molar refractivity (Wildman–Crippen MR) is 86.6 cm³/mol. The molecule has 1 atom stereocenters. The first-order valence-electron chi connectivity index (χ1n) is 8.07. The van der Waals surface area contributed by atoms with Crippen LogP contribution in [0.15, 0.2) is 48.5 Å². The minimum Gasteiger partial charge on any atom is -0.497 e. The summed E-state index contributed by atoms with van der Waals surface area (Å²) < 4.78 is 11.8. The van der Waals surface area contributed by atoms with Crippen molar-refractivity contribution in [2.75, 3.05) is 20.2 Å². The number of piperidine rings is 1. The van der Waals surface area contributed by atoms with E-state index in [0.29, 0.717) is 13.1 Å². The van der Waals surface area contributed by atoms with Crippen LogP contribution >= 0.6 is 0 Å². The molecule has 0 aromatic heterocycles. The van der Waals surface area contributed by atoms with Crippen LogP contribution in [-0.2, 0) is 10.3 Å². The summed E-state index contributed by atoms with van der Waals surface area (Å²) in [5.74, 6) is 0.850. The van der Waals surface area contributed by atoms with Crippen LogP contribution in [0.5, 0.6) is 5.75 Å². The Labute approximate surface area is 136 Å². The first-order chi connectivity index (χ1) is 11.2. The molecule has 1 fully saturated rings. The lowest BCUT2D eigenvalue weighted by Crippen LogP contribution is -2.41. The van der Waals surface area contributed by atoms with Crippen LogP contribution in [0, 0.1) is 0 Å². The van der Waals surface area contributed by atoms with Crippen molar-refractivity contribution in [1.82, 2.24) is 5.06 Å². The van der Waals surface area contributed by atoms with E-state index in [1.165, 1.54) is 16.2 Å². The van der Waals surface area contributed by atoms with Gasteiger partial charge in [0.2, 0.25) is 0 Å². The van der Waals surface area contributed by atoms with Crippen LogP contribution in [0.4, 0.5) is 0 Å². The van der Waals surface area contributed by atoms with Gasteiger partial charge in [-0.05, 0) is 41.7 Å². The number of benzene rings is 2. The Morgan fingerprint density at radius 2 is 1.78 bits per heavy atom. The lowest BCUT2D eigenvalue weighted by atomic mass is 9.83. The van der Waals surface area contributed by atoms with Gasteiger partial charge in [-0.15, -0.1) is 0 Å². The van der Waals surface area contributed by atoms with Crippen molar-refractivity contribution < 1.29 is 14.7 Å². The molecule has 4 heteroatoms. The number of hydrogen-bond acceptors (Lipinski definition) is 4. The smallest absolute Gasteiger partial charge is 0.118 e. The second kappa shape index (κ2) is 5.64. The summed E-state index contributed by atoms with van der Waals surface area (Å²) in [6.07, 6.45) is 1.57. The maximum Gasteiger partial charge on any atom is 0.118 e. The molecule has 1 N–H and O–H groups in total. The van der Waals surface area contributed by atoms with E-state index in [4.69, 9.17) is 9.47 Å². The van der Waals surface area contributed by atoms with Crippen molar-refractivity contribution in [3.8, 4) is 5.75 Å². The minimum absolute atomic E-state index is 0.0534. The third-order valence-corrected chi connectivity index (χ3v) is 5.04. The van der Waals surface area contributed by atoms with E-state index in [9.17, 15) is 5.21 Å². The number of nitrogens with zero attached hydrogens (tertiary/aromatic N) is 1. The number of hydrogen-bond donors (Lipinski definition) is 1. The zero-order valence-electron chi connectivity index (χ0n) is 13.2. The van der Waals surface area contributed by atoms with Gasteiger partial charge in [0, 0.05) is 13.1 Å². The zero-order chi connectivity index (χ0) is 15.9. The summed E-state index contributed by atoms with van der Waals surface area (Å²) in [4.78, 5) is 0. The number of methoxy groups -OCH3 is 1. The fourth-order valence-electron chi connectivity index (χ4n) is 3.76. The van der Waals surface area contributed by atoms with Crippen molar-refractivity contribution in [3.05, 3.63) is 65.2 Å². The highest BCUT2D eigenvalue weighted by molar-refractivity contribution is 5.44. The van der Waals surface area contributed by atoms with E-state index in [0.717, 1.165) is 24.2 Å². The molecule has 2 heterocycles. The molecule has 2 aromatic carbocycles. The van der Waals surface area contributed by atoms with Gasteiger partial charge in [0.05, 0.1) is 12.7 Å². The molecule has 0 unspecified atom stereocenters. The molecule has 0 bridgehead atoms. The largest absolute Gasteiger partial charge is 0.497 e. The van der Waals surface area contributed by atoms with Gasteiger partial charge in [0.15, 0.2) is 0 Å². The summed E-state index contributed by atoms with van der Waals surface area (Å²) in [7, 11) is 1.67. The van der Waals surface area contributed by atoms with E-state index in [1.54, 1.807) is 7.11 Å². The third-order valence-electron chi connectivity index (χ3n) is 5.04. The fourth-order valence-corrected chi connectivity index (χ4v) is 3.76. The quantitative estimate of drug-likeness (QED) is 0.922. The van der Waals surface area contributed by atoms with Crippen LogP contribution < -0.4 is 4.74 Å². The Bertz CT molecular complexity index is 690. The second-order valence-electron chi connectivity index (χ2n) is 6.31. The highest BCUT2D eigenvalue weighted by Crippen LogP contribution is 2.51. The average molecular weight is 311 g/mol. The van der Waals surface area contributed by atoms with E-state index < -0.39 is 0 Å². The van der Waals surface area contributed by atoms with Gasteiger partial charge in [-0.2, -0.15) is 5.06 Å². The number of rotatable bonds is 2. The third kappa shape index (κ3) is 2.43. The van der Waals surface area contributed by atoms with E-state index in [2.05, 4.69) is 36.4 Å². The van der Waals surface area contributed by atoms with Crippen molar-refractivity contribution >= 4 is 0 Å². The van der Waals surface area contributed by atoms with Gasteiger partial charge < -0.3 is 14.7 Å². The molecule has 0 amide bonds. The molecular formula is C19H21NO3. The van der Waals surface area contributed by atoms with Crippen molar-refractivity contribution in [2.45, 2.75) is 24.5 Å². The zero-order valence-corrected chi connectivity index (χ0v) is 13.2. The van der Waals surface area contributed by atoms with E-state index in [-0.39, 0.29) is 11.7 Å². The van der Waals surface area contributed by atoms with Crippen molar-refractivity contribution in [3.63, 3.8) is 0 Å². The van der Waals surface area contributed by atoms with Gasteiger partial charge in [-0.1, -0.05) is 36.4 Å². The van der Waals surface area contributed by atoms with Gasteiger partial charge >= 0.3 is 0 Å². The average Bonchev–Trinajstić information content (AvgIpc) is 2.93. The summed E-state index contributed by atoms with van der Waals surface area (Å²) in [5.41, 5.74) is 3.37. The summed E-state index contributed by atoms with van der Waals surface area (Å²) in [6.45, 7) is 1.29. The van der Waals surface area contributed by atoms with Crippen LogP contribution in [0.1, 0.15) is 35.6 Å². The molecule has 1 saturated heterocycles. The maximum atomic E-state index is 9.71. The summed E-state index contributed by atoms with van der Waals surface area (Å²) >= 11 is 0. The molecule has 4 rings (SSSR count). The molecule has 0 radical (unpaired) electrons. The van der Waals surface area contributed by atoms with E-state index in [1.807, 2.05) is 12.1 Å². The lowest BCUT2D eigenvalue weighted by molar-refractivity contribution is -0.169. The van der Waals surface area contributed by atoms with Crippen LogP contribution in [0.2, 0.25) is 0 Å². The van der Waals surface area contributed by atoms with Gasteiger partial charge in [0.1, 0.15) is 11.9 Å². The SMILES string of the molecule is COc1ccc([C@H]2OC3(CCN(O)CC3)c3ccccc32)cc1. The number of fused-ring (bicyclic) bond motifs is 2. The maximum absolute atomic E-state index is 9.71. The second-order valence-corrected chi connectivity index (χ2v) is 6.31. The number of hydroxylamine groups is 2. The Balaban J connectivity index is 1.72. The molecule has 1 spiro atoms. The van der Waals surface area contributed by atoms with Crippen molar-refractivity contribution in [2.24, 2.45) is 0 Å². The molecule has 2 aliphatic heterocycles. The normalized spacial score (nSPS) is 23.0. The standard InChI is InChI=1S/C19H21NO3/c1-22-15-8-6-14(7-9-15)18-16-4-2-3-5-17(16)19(23-18)10-12-20(21)13-11-19/h2-9,18,21H,10-13H2,1H3/t18-/m1/s1. The monoisotopic (exact) mass is 311 g/mol. The summed E-state index contributed by atoms with van der Waals surface area (Å²) in [6, 6.07) is 16.6. The fraction of sp³-hybridized carbons (Fsp3) is 0.368. The Kier molecular flexibility index (Phi) is 3.60. The summed E-state index contributed by atoms with van der Waals surface area (Å²) in [5, 5.41) is 11.1. The molecule has 2 aliphatic rings. The Hall–Kier alpha value is -1.88. The topological polar surface area (TPSA) is 41.9 Å². The highest BCUT2D eigenvalue weighted by Gasteiger charge is 2.46. The Morgan fingerprint density at radius 3 is 2.48 bits per heavy atom. The van der Waals surface area contributed by atoms with E-state index >= 15 is 0 Å². The lowest BCUT2D eigenvalue weighted by Gasteiger charge is -2.37. The predicted octanol–water partition coefficient (Wildman–Crippen LogP) is 3.50. The van der Waals surface area contributed by atoms with Gasteiger partial charge in [-0.3, -0.25) is 0 Å². The molecule has 0 aliphatic carbocycles.